The predicted molar refractivity (Wildman–Crippen MR) is 235 cm³/mol. The molecule has 12 rings (SSSR count). The minimum Gasteiger partial charge on any atom is -0.0839 e. The summed E-state index contributed by atoms with van der Waals surface area (Å²) in [4.78, 5) is 0. The Hall–Kier alpha value is -5.20. The molecule has 1 aromatic rings. The Labute approximate surface area is 333 Å². The Morgan fingerprint density at radius 3 is 1.98 bits per heavy atom. The number of allylic oxidation sites excluding steroid dienone is 32. The highest BCUT2D eigenvalue weighted by atomic mass is 14.4. The molecule has 0 amide bonds. The maximum absolute atomic E-state index is 2.70. The van der Waals surface area contributed by atoms with Crippen LogP contribution in [0.4, 0.5) is 0 Å². The second-order valence-corrected chi connectivity index (χ2v) is 17.9. The van der Waals surface area contributed by atoms with Crippen molar-refractivity contribution in [1.29, 1.82) is 0 Å². The van der Waals surface area contributed by atoms with Gasteiger partial charge in [-0.1, -0.05) is 146 Å². The summed E-state index contributed by atoms with van der Waals surface area (Å²) in [6, 6.07) is 2.70. The molecule has 274 valence electrons. The van der Waals surface area contributed by atoms with Crippen LogP contribution < -0.4 is 0 Å². The van der Waals surface area contributed by atoms with E-state index in [0.717, 1.165) is 32.1 Å². The molecule has 11 aliphatic carbocycles. The number of rotatable bonds is 3. The van der Waals surface area contributed by atoms with Crippen LogP contribution in [0.1, 0.15) is 91.0 Å². The minimum absolute atomic E-state index is 0.386. The number of benzene rings is 1. The Balaban J connectivity index is 0.979. The quantitative estimate of drug-likeness (QED) is 0.291. The lowest BCUT2D eigenvalue weighted by Gasteiger charge is -2.39. The van der Waals surface area contributed by atoms with Crippen LogP contribution in [0, 0.1) is 29.6 Å². The molecule has 56 heavy (non-hydrogen) atoms. The third-order valence-electron chi connectivity index (χ3n) is 15.0. The average molecular weight is 723 g/mol. The van der Waals surface area contributed by atoms with Crippen LogP contribution >= 0.6 is 0 Å². The average Bonchev–Trinajstić information content (AvgIpc) is 3.27. The molecular weight excluding hydrogens is 673 g/mol. The van der Waals surface area contributed by atoms with Gasteiger partial charge in [-0.15, -0.1) is 0 Å². The van der Waals surface area contributed by atoms with Crippen molar-refractivity contribution in [1.82, 2.24) is 0 Å². The number of hydrogen-bond donors (Lipinski definition) is 0. The van der Waals surface area contributed by atoms with Crippen LogP contribution in [0.25, 0.3) is 12.2 Å². The summed E-state index contributed by atoms with van der Waals surface area (Å²) in [6.45, 7) is 0. The van der Waals surface area contributed by atoms with E-state index in [-0.39, 0.29) is 0 Å². The highest BCUT2D eigenvalue weighted by molar-refractivity contribution is 5.82. The van der Waals surface area contributed by atoms with Crippen molar-refractivity contribution in [3.05, 3.63) is 223 Å². The lowest BCUT2D eigenvalue weighted by molar-refractivity contribution is 0.603. The molecule has 0 heteroatoms. The van der Waals surface area contributed by atoms with Crippen LogP contribution in [-0.4, -0.2) is 0 Å². The molecule has 7 unspecified atom stereocenters. The van der Waals surface area contributed by atoms with Gasteiger partial charge in [-0.25, -0.2) is 0 Å². The first-order valence-corrected chi connectivity index (χ1v) is 21.7. The van der Waals surface area contributed by atoms with E-state index in [0.29, 0.717) is 41.4 Å². The van der Waals surface area contributed by atoms with E-state index in [4.69, 9.17) is 0 Å². The summed E-state index contributed by atoms with van der Waals surface area (Å²) in [5.41, 5.74) is 23.4. The Morgan fingerprint density at radius 1 is 0.464 bits per heavy atom. The molecule has 0 saturated carbocycles. The largest absolute Gasteiger partial charge is 0.0839 e. The van der Waals surface area contributed by atoms with Crippen LogP contribution in [0.15, 0.2) is 195 Å². The van der Waals surface area contributed by atoms with Crippen LogP contribution in [-0.2, 0) is 6.42 Å². The fourth-order valence-corrected chi connectivity index (χ4v) is 12.1. The van der Waals surface area contributed by atoms with Gasteiger partial charge in [-0.3, -0.25) is 0 Å². The van der Waals surface area contributed by atoms with Gasteiger partial charge in [0, 0.05) is 41.4 Å². The zero-order chi connectivity index (χ0) is 36.7. The third-order valence-corrected chi connectivity index (χ3v) is 15.0. The van der Waals surface area contributed by atoms with Crippen molar-refractivity contribution < 1.29 is 0 Å². The molecule has 0 fully saturated rings. The molecule has 0 saturated heterocycles. The van der Waals surface area contributed by atoms with Crippen LogP contribution in [0.3, 0.4) is 0 Å². The van der Waals surface area contributed by atoms with Crippen molar-refractivity contribution in [2.24, 2.45) is 29.6 Å². The van der Waals surface area contributed by atoms with E-state index in [2.05, 4.69) is 152 Å². The fraction of sp³-hybridized carbons (Fsp3) is 0.286. The second-order valence-electron chi connectivity index (χ2n) is 17.9. The summed E-state index contributed by atoms with van der Waals surface area (Å²) in [6.07, 6.45) is 68.6. The maximum atomic E-state index is 2.70. The van der Waals surface area contributed by atoms with Crippen LogP contribution in [0.2, 0.25) is 0 Å². The summed E-state index contributed by atoms with van der Waals surface area (Å²) >= 11 is 0. The van der Waals surface area contributed by atoms with Gasteiger partial charge in [0.15, 0.2) is 0 Å². The van der Waals surface area contributed by atoms with Gasteiger partial charge in [0.2, 0.25) is 0 Å². The summed E-state index contributed by atoms with van der Waals surface area (Å²) in [5.74, 6) is 3.12. The molecule has 11 aliphatic rings. The molecule has 7 atom stereocenters. The Morgan fingerprint density at radius 2 is 1.18 bits per heavy atom. The third kappa shape index (κ3) is 5.32. The lowest BCUT2D eigenvalue weighted by atomic mass is 9.65. The van der Waals surface area contributed by atoms with Crippen LogP contribution in [0.5, 0.6) is 0 Å². The van der Waals surface area contributed by atoms with Gasteiger partial charge in [-0.05, 0) is 147 Å². The van der Waals surface area contributed by atoms with Crippen molar-refractivity contribution in [2.45, 2.75) is 69.6 Å². The molecule has 0 aromatic heterocycles. The van der Waals surface area contributed by atoms with Crippen molar-refractivity contribution in [3.63, 3.8) is 0 Å². The van der Waals surface area contributed by atoms with E-state index in [1.54, 1.807) is 55.7 Å². The number of fused-ring (bicyclic) bond motifs is 9. The maximum Gasteiger partial charge on any atom is 0.0133 e. The highest BCUT2D eigenvalue weighted by Gasteiger charge is 2.37. The zero-order valence-electron chi connectivity index (χ0n) is 32.3. The SMILES string of the molecule is C1=CCC2C(=C1)C(C1C=CC3=C(C=CC4C=CC=CC34)C1)=Cc1c2cc(C2C=CC3=C(C=CC4C=CC=CC34)C2)c2c1C=C(C1=CC3=C(C=CCC3)CC1)CC2. The zero-order valence-corrected chi connectivity index (χ0v) is 32.3. The Bertz CT molecular complexity index is 2510. The van der Waals surface area contributed by atoms with E-state index in [9.17, 15) is 0 Å². The summed E-state index contributed by atoms with van der Waals surface area (Å²) < 4.78 is 0. The lowest BCUT2D eigenvalue weighted by Crippen LogP contribution is -2.24. The van der Waals surface area contributed by atoms with Gasteiger partial charge >= 0.3 is 0 Å². The molecule has 0 heterocycles. The van der Waals surface area contributed by atoms with E-state index < -0.39 is 0 Å². The normalized spacial score (nSPS) is 32.4. The topological polar surface area (TPSA) is 0 Å². The first-order chi connectivity index (χ1) is 27.7. The molecule has 0 nitrogen and oxygen atoms in total. The minimum atomic E-state index is 0.386. The second kappa shape index (κ2) is 13.2. The molecule has 0 radical (unpaired) electrons. The van der Waals surface area contributed by atoms with Gasteiger partial charge in [0.25, 0.3) is 0 Å². The molecule has 1 aromatic carbocycles. The van der Waals surface area contributed by atoms with E-state index >= 15 is 0 Å². The van der Waals surface area contributed by atoms with Crippen molar-refractivity contribution >= 4 is 12.2 Å². The van der Waals surface area contributed by atoms with Crippen molar-refractivity contribution in [2.75, 3.05) is 0 Å². The predicted octanol–water partition coefficient (Wildman–Crippen LogP) is 13.8. The smallest absolute Gasteiger partial charge is 0.0133 e. The first kappa shape index (κ1) is 33.0. The van der Waals surface area contributed by atoms with Gasteiger partial charge in [0.05, 0.1) is 0 Å². The van der Waals surface area contributed by atoms with E-state index in [1.807, 2.05) is 0 Å². The highest BCUT2D eigenvalue weighted by Crippen LogP contribution is 2.53. The van der Waals surface area contributed by atoms with Gasteiger partial charge < -0.3 is 0 Å². The molecular formula is C56H50. The van der Waals surface area contributed by atoms with Gasteiger partial charge in [-0.2, -0.15) is 0 Å². The fourth-order valence-electron chi connectivity index (χ4n) is 12.1. The van der Waals surface area contributed by atoms with Crippen molar-refractivity contribution in [3.8, 4) is 0 Å². The van der Waals surface area contributed by atoms with E-state index in [1.165, 1.54) is 53.5 Å². The summed E-state index contributed by atoms with van der Waals surface area (Å²) in [7, 11) is 0. The molecule has 0 N–H and O–H groups in total. The molecule has 0 bridgehead atoms. The molecule has 0 aliphatic heterocycles. The standard InChI is InChI=1S/C56H50/c1-2-12-38-29-39(20-17-35(38)9-1)40-23-28-51-53(44-25-27-48-42(31-44)22-19-37-11-4-6-14-46(37)48)33-55-50-16-8-7-15-49(50)52(34-56(55)54(51)32-40)43-24-26-47-41(30-43)21-18-36-10-3-5-13-45(36)47/h1,3-11,13-15,18-19,21-22,24-27,29,32-34,36-37,43-46,50H,2,12,16-17,20,23,28,30-31H2. The monoisotopic (exact) mass is 722 g/mol. The Kier molecular flexibility index (Phi) is 7.77. The van der Waals surface area contributed by atoms with Gasteiger partial charge in [0.1, 0.15) is 0 Å². The summed E-state index contributed by atoms with van der Waals surface area (Å²) in [5, 5.41) is 0. The molecule has 0 spiro atoms. The first-order valence-electron chi connectivity index (χ1n) is 21.7. The number of hydrogen-bond acceptors (Lipinski definition) is 0.